The molecule has 1 aliphatic carbocycles. The van der Waals surface area contributed by atoms with Gasteiger partial charge >= 0.3 is 6.36 Å². The molecule has 2 atom stereocenters. The zero-order valence-corrected chi connectivity index (χ0v) is 17.1. The number of anilines is 1. The number of benzene rings is 1. The van der Waals surface area contributed by atoms with Crippen LogP contribution in [0.2, 0.25) is 0 Å². The van der Waals surface area contributed by atoms with Crippen LogP contribution >= 0.6 is 0 Å². The Bertz CT molecular complexity index is 737. The summed E-state index contributed by atoms with van der Waals surface area (Å²) in [5.41, 5.74) is 0.357. The molecule has 9 heteroatoms. The minimum atomic E-state index is -4.76. The van der Waals surface area contributed by atoms with E-state index in [1.54, 1.807) is 11.9 Å². The maximum absolute atomic E-state index is 12.8. The fourth-order valence-corrected chi connectivity index (χ4v) is 4.50. The van der Waals surface area contributed by atoms with Gasteiger partial charge in [0.15, 0.2) is 0 Å². The number of likely N-dealkylation sites (N-methyl/N-ethyl adjacent to an activating group) is 1. The molecule has 0 unspecified atom stereocenters. The van der Waals surface area contributed by atoms with E-state index in [1.165, 1.54) is 31.4 Å². The summed E-state index contributed by atoms with van der Waals surface area (Å²) in [5.74, 6) is -0.0420. The maximum Gasteiger partial charge on any atom is 0.573 e. The first-order valence-corrected chi connectivity index (χ1v) is 10.3. The van der Waals surface area contributed by atoms with Crippen LogP contribution in [0.25, 0.3) is 0 Å². The van der Waals surface area contributed by atoms with Crippen LogP contribution in [0.5, 0.6) is 5.75 Å². The normalized spacial score (nSPS) is 21.8. The Morgan fingerprint density at radius 3 is 2.47 bits per heavy atom. The molecule has 1 N–H and O–H groups in total. The number of nitrogens with one attached hydrogen (secondary N) is 1. The molecule has 2 amide bonds. The predicted molar refractivity (Wildman–Crippen MR) is 106 cm³/mol. The van der Waals surface area contributed by atoms with E-state index in [2.05, 4.69) is 10.1 Å². The highest BCUT2D eigenvalue weighted by atomic mass is 19.4. The number of halogens is 3. The van der Waals surface area contributed by atoms with Gasteiger partial charge in [-0.2, -0.15) is 0 Å². The monoisotopic (exact) mass is 427 g/mol. The Kier molecular flexibility index (Phi) is 7.23. The third-order valence-corrected chi connectivity index (χ3v) is 5.75. The molecule has 1 aliphatic heterocycles. The Balaban J connectivity index is 1.46. The molecule has 1 aromatic rings. The van der Waals surface area contributed by atoms with Crippen molar-refractivity contribution in [2.24, 2.45) is 5.92 Å². The second-order valence-corrected chi connectivity index (χ2v) is 8.13. The maximum atomic E-state index is 12.8. The number of nitrogens with zero attached hydrogens (tertiary/aromatic N) is 2. The van der Waals surface area contributed by atoms with Crippen LogP contribution < -0.4 is 10.1 Å². The molecule has 0 spiro atoms. The first kappa shape index (κ1) is 22.4. The molecule has 1 heterocycles. The van der Waals surface area contributed by atoms with Gasteiger partial charge in [-0.25, -0.2) is 0 Å². The van der Waals surface area contributed by atoms with Gasteiger partial charge in [0.1, 0.15) is 5.75 Å². The Morgan fingerprint density at radius 2 is 1.77 bits per heavy atom. The van der Waals surface area contributed by atoms with E-state index in [4.69, 9.17) is 0 Å². The number of likely N-dealkylation sites (tertiary alicyclic amines) is 1. The van der Waals surface area contributed by atoms with Crippen LogP contribution in [0.1, 0.15) is 38.5 Å². The molecule has 6 nitrogen and oxygen atoms in total. The van der Waals surface area contributed by atoms with E-state index in [9.17, 15) is 22.8 Å². The molecule has 0 aromatic heterocycles. The molecule has 30 heavy (non-hydrogen) atoms. The fraction of sp³-hybridized carbons (Fsp3) is 0.619. The van der Waals surface area contributed by atoms with Crippen molar-refractivity contribution < 1.29 is 27.5 Å². The van der Waals surface area contributed by atoms with Gasteiger partial charge in [0.05, 0.1) is 13.1 Å². The van der Waals surface area contributed by atoms with E-state index in [-0.39, 0.29) is 30.7 Å². The molecule has 1 saturated carbocycles. The quantitative estimate of drug-likeness (QED) is 0.753. The average Bonchev–Trinajstić information content (AvgIpc) is 2.67. The largest absolute Gasteiger partial charge is 0.573 e. The molecule has 0 bridgehead atoms. The summed E-state index contributed by atoms with van der Waals surface area (Å²) in [7, 11) is 1.71. The standard InChI is InChI=1S/C21H28F3N3O3/c1-26(14-20(29)27-12-4-6-15-5-2-3-7-18(15)27)13-19(28)25-16-8-10-17(11-9-16)30-21(22,23)24/h8-11,15,18H,2-7,12-14H2,1H3,(H,25,28)/t15-,18-/m0/s1. The van der Waals surface area contributed by atoms with Crippen LogP contribution in [0.15, 0.2) is 24.3 Å². The van der Waals surface area contributed by atoms with E-state index < -0.39 is 6.36 Å². The van der Waals surface area contributed by atoms with Gasteiger partial charge < -0.3 is 15.0 Å². The van der Waals surface area contributed by atoms with E-state index in [0.29, 0.717) is 17.6 Å². The summed E-state index contributed by atoms with van der Waals surface area (Å²) in [4.78, 5) is 28.7. The number of hydrogen-bond acceptors (Lipinski definition) is 4. The minimum Gasteiger partial charge on any atom is -0.406 e. The van der Waals surface area contributed by atoms with Crippen LogP contribution in [0.4, 0.5) is 18.9 Å². The number of fused-ring (bicyclic) bond motifs is 1. The van der Waals surface area contributed by atoms with Crippen molar-refractivity contribution in [3.63, 3.8) is 0 Å². The first-order chi connectivity index (χ1) is 14.2. The van der Waals surface area contributed by atoms with Gasteiger partial charge in [-0.05, 0) is 62.9 Å². The molecule has 1 saturated heterocycles. The first-order valence-electron chi connectivity index (χ1n) is 10.3. The third kappa shape index (κ3) is 6.35. The highest BCUT2D eigenvalue weighted by Crippen LogP contribution is 2.35. The smallest absolute Gasteiger partial charge is 0.406 e. The molecular weight excluding hydrogens is 399 g/mol. The predicted octanol–water partition coefficient (Wildman–Crippen LogP) is 3.64. The van der Waals surface area contributed by atoms with Crippen molar-refractivity contribution in [3.8, 4) is 5.75 Å². The summed E-state index contributed by atoms with van der Waals surface area (Å²) in [6.45, 7) is 0.954. The lowest BCUT2D eigenvalue weighted by atomic mass is 9.78. The molecule has 1 aromatic carbocycles. The number of amides is 2. The zero-order valence-electron chi connectivity index (χ0n) is 17.1. The van der Waals surface area contributed by atoms with Gasteiger partial charge in [0, 0.05) is 18.3 Å². The minimum absolute atomic E-state index is 0.00841. The molecule has 2 aliphatic rings. The number of hydrogen-bond donors (Lipinski definition) is 1. The summed E-state index contributed by atoms with van der Waals surface area (Å²) in [6.07, 6.45) is 2.13. The second kappa shape index (κ2) is 9.68. The number of carbonyl (C=O) groups excluding carboxylic acids is 2. The second-order valence-electron chi connectivity index (χ2n) is 8.13. The summed E-state index contributed by atoms with van der Waals surface area (Å²) in [5, 5.41) is 2.62. The lowest BCUT2D eigenvalue weighted by Gasteiger charge is -2.44. The fourth-order valence-electron chi connectivity index (χ4n) is 4.50. The van der Waals surface area contributed by atoms with Gasteiger partial charge in [-0.15, -0.1) is 13.2 Å². The third-order valence-electron chi connectivity index (χ3n) is 5.75. The van der Waals surface area contributed by atoms with E-state index in [0.717, 1.165) is 37.9 Å². The van der Waals surface area contributed by atoms with Crippen LogP contribution in [-0.4, -0.2) is 60.7 Å². The van der Waals surface area contributed by atoms with E-state index in [1.807, 2.05) is 4.90 Å². The van der Waals surface area contributed by atoms with E-state index >= 15 is 0 Å². The van der Waals surface area contributed by atoms with Gasteiger partial charge in [-0.1, -0.05) is 12.8 Å². The van der Waals surface area contributed by atoms with Crippen molar-refractivity contribution in [1.82, 2.24) is 9.80 Å². The van der Waals surface area contributed by atoms with Crippen LogP contribution in [0.3, 0.4) is 0 Å². The average molecular weight is 427 g/mol. The topological polar surface area (TPSA) is 61.9 Å². The Labute approximate surface area is 174 Å². The number of ether oxygens (including phenoxy) is 1. The van der Waals surface area contributed by atoms with Gasteiger partial charge in [0.2, 0.25) is 11.8 Å². The number of rotatable bonds is 6. The molecular formula is C21H28F3N3O3. The summed E-state index contributed by atoms with van der Waals surface area (Å²) >= 11 is 0. The highest BCUT2D eigenvalue weighted by molar-refractivity contribution is 5.92. The zero-order chi connectivity index (χ0) is 21.7. The number of alkyl halides is 3. The van der Waals surface area contributed by atoms with Gasteiger partial charge in [0.25, 0.3) is 0 Å². The van der Waals surface area contributed by atoms with Crippen molar-refractivity contribution in [2.45, 2.75) is 50.9 Å². The van der Waals surface area contributed by atoms with Gasteiger partial charge in [-0.3, -0.25) is 14.5 Å². The van der Waals surface area contributed by atoms with Crippen molar-refractivity contribution in [2.75, 3.05) is 32.0 Å². The molecule has 3 rings (SSSR count). The SMILES string of the molecule is CN(CC(=O)Nc1ccc(OC(F)(F)F)cc1)CC(=O)N1CCC[C@@H]2CCCC[C@@H]21. The van der Waals surface area contributed by atoms with Crippen LogP contribution in [0, 0.1) is 5.92 Å². The summed E-state index contributed by atoms with van der Waals surface area (Å²) < 4.78 is 40.4. The molecule has 166 valence electrons. The lowest BCUT2D eigenvalue weighted by Crippen LogP contribution is -2.52. The van der Waals surface area contributed by atoms with Crippen molar-refractivity contribution in [1.29, 1.82) is 0 Å². The van der Waals surface area contributed by atoms with Crippen molar-refractivity contribution >= 4 is 17.5 Å². The molecule has 2 fully saturated rings. The number of carbonyl (C=O) groups is 2. The number of piperidine rings is 1. The molecule has 0 radical (unpaired) electrons. The van der Waals surface area contributed by atoms with Crippen molar-refractivity contribution in [3.05, 3.63) is 24.3 Å². The van der Waals surface area contributed by atoms with Crippen LogP contribution in [-0.2, 0) is 9.59 Å². The Hall–Kier alpha value is -2.29. The highest BCUT2D eigenvalue weighted by Gasteiger charge is 2.35. The Morgan fingerprint density at radius 1 is 1.10 bits per heavy atom. The lowest BCUT2D eigenvalue weighted by molar-refractivity contribution is -0.274. The summed E-state index contributed by atoms with van der Waals surface area (Å²) in [6, 6.07) is 5.27.